The number of nitrogens with one attached hydrogen (secondary N) is 1. The van der Waals surface area contributed by atoms with Crippen LogP contribution in [0.2, 0.25) is 0 Å². The Kier molecular flexibility index (Phi) is 5.11. The van der Waals surface area contributed by atoms with Crippen molar-refractivity contribution in [2.45, 2.75) is 6.54 Å². The second kappa shape index (κ2) is 7.44. The summed E-state index contributed by atoms with van der Waals surface area (Å²) in [5, 5.41) is 12.1. The lowest BCUT2D eigenvalue weighted by Crippen LogP contribution is -2.36. The highest BCUT2D eigenvalue weighted by molar-refractivity contribution is 9.10. The van der Waals surface area contributed by atoms with Gasteiger partial charge in [0.25, 0.3) is 0 Å². The molecule has 1 saturated heterocycles. The average Bonchev–Trinajstić information content (AvgIpc) is 2.62. The van der Waals surface area contributed by atoms with E-state index in [9.17, 15) is 0 Å². The number of pyridine rings is 1. The molecule has 2 heterocycles. The van der Waals surface area contributed by atoms with Crippen molar-refractivity contribution in [2.24, 2.45) is 0 Å². The Hall–Kier alpha value is -2.10. The van der Waals surface area contributed by atoms with Crippen molar-refractivity contribution in [1.82, 2.24) is 4.98 Å². The molecular formula is C17H17BrN4O. The summed E-state index contributed by atoms with van der Waals surface area (Å²) in [6, 6.07) is 12.0. The Balaban J connectivity index is 1.74. The van der Waals surface area contributed by atoms with Gasteiger partial charge in [0.15, 0.2) is 0 Å². The van der Waals surface area contributed by atoms with Crippen LogP contribution in [-0.4, -0.2) is 31.3 Å². The Morgan fingerprint density at radius 3 is 2.78 bits per heavy atom. The molecule has 0 spiro atoms. The Morgan fingerprint density at radius 1 is 1.26 bits per heavy atom. The van der Waals surface area contributed by atoms with Crippen LogP contribution in [0, 0.1) is 11.3 Å². The zero-order valence-electron chi connectivity index (χ0n) is 12.6. The fraction of sp³-hybridized carbons (Fsp3) is 0.294. The largest absolute Gasteiger partial charge is 0.378 e. The summed E-state index contributed by atoms with van der Waals surface area (Å²) < 4.78 is 6.51. The summed E-state index contributed by atoms with van der Waals surface area (Å²) in [5.41, 5.74) is 2.98. The number of nitrogens with zero attached hydrogens (tertiary/aromatic N) is 3. The third-order valence-electron chi connectivity index (χ3n) is 3.75. The lowest BCUT2D eigenvalue weighted by molar-refractivity contribution is 0.122. The number of morpholine rings is 1. The van der Waals surface area contributed by atoms with Crippen LogP contribution in [0.1, 0.15) is 11.1 Å². The molecule has 5 nitrogen and oxygen atoms in total. The van der Waals surface area contributed by atoms with Gasteiger partial charge in [-0.2, -0.15) is 5.26 Å². The molecule has 1 aliphatic heterocycles. The molecule has 0 saturated carbocycles. The Bertz CT molecular complexity index is 706. The molecule has 0 atom stereocenters. The first-order valence-corrected chi connectivity index (χ1v) is 8.27. The van der Waals surface area contributed by atoms with Crippen LogP contribution in [0.5, 0.6) is 0 Å². The number of halogens is 1. The van der Waals surface area contributed by atoms with Gasteiger partial charge in [-0.3, -0.25) is 0 Å². The minimum atomic E-state index is 0.563. The quantitative estimate of drug-likeness (QED) is 0.892. The van der Waals surface area contributed by atoms with Crippen LogP contribution in [-0.2, 0) is 11.3 Å². The van der Waals surface area contributed by atoms with Gasteiger partial charge in [0.1, 0.15) is 11.9 Å². The zero-order chi connectivity index (χ0) is 16.1. The first-order valence-electron chi connectivity index (χ1n) is 7.47. The maximum Gasteiger partial charge on any atom is 0.126 e. The lowest BCUT2D eigenvalue weighted by atomic mass is 10.1. The third kappa shape index (κ3) is 4.01. The molecule has 1 aromatic carbocycles. The number of hydrogen-bond acceptors (Lipinski definition) is 5. The van der Waals surface area contributed by atoms with Gasteiger partial charge in [0.05, 0.1) is 18.8 Å². The molecule has 3 rings (SSSR count). The van der Waals surface area contributed by atoms with E-state index in [1.54, 1.807) is 12.3 Å². The molecule has 1 aliphatic rings. The summed E-state index contributed by atoms with van der Waals surface area (Å²) in [4.78, 5) is 6.59. The van der Waals surface area contributed by atoms with E-state index < -0.39 is 0 Å². The highest BCUT2D eigenvalue weighted by Gasteiger charge is 2.15. The summed E-state index contributed by atoms with van der Waals surface area (Å²) in [6.07, 6.45) is 1.58. The van der Waals surface area contributed by atoms with Crippen molar-refractivity contribution in [3.05, 3.63) is 52.1 Å². The topological polar surface area (TPSA) is 61.2 Å². The average molecular weight is 373 g/mol. The van der Waals surface area contributed by atoms with Gasteiger partial charge < -0.3 is 15.0 Å². The summed E-state index contributed by atoms with van der Waals surface area (Å²) in [5.74, 6) is 0.764. The van der Waals surface area contributed by atoms with Crippen LogP contribution in [0.3, 0.4) is 0 Å². The molecule has 23 heavy (non-hydrogen) atoms. The van der Waals surface area contributed by atoms with Gasteiger partial charge in [-0.05, 0) is 29.8 Å². The van der Waals surface area contributed by atoms with E-state index >= 15 is 0 Å². The molecule has 1 N–H and O–H groups in total. The number of hydrogen-bond donors (Lipinski definition) is 1. The standard InChI is InChI=1S/C17H17BrN4O/c18-15-3-2-14(16(9-15)22-5-7-23-8-6-22)12-21-17-4-1-13(10-19)11-20-17/h1-4,9,11H,5-8,12H2,(H,20,21). The second-order valence-electron chi connectivity index (χ2n) is 5.27. The Labute approximate surface area is 144 Å². The summed E-state index contributed by atoms with van der Waals surface area (Å²) in [7, 11) is 0. The monoisotopic (exact) mass is 372 g/mol. The molecule has 6 heteroatoms. The van der Waals surface area contributed by atoms with Crippen molar-refractivity contribution in [3.63, 3.8) is 0 Å². The SMILES string of the molecule is N#Cc1ccc(NCc2ccc(Br)cc2N2CCOCC2)nc1. The van der Waals surface area contributed by atoms with E-state index in [0.29, 0.717) is 12.1 Å². The number of rotatable bonds is 4. The van der Waals surface area contributed by atoms with E-state index in [1.165, 1.54) is 11.3 Å². The molecule has 1 aromatic heterocycles. The van der Waals surface area contributed by atoms with E-state index in [1.807, 2.05) is 12.1 Å². The smallest absolute Gasteiger partial charge is 0.126 e. The van der Waals surface area contributed by atoms with Gasteiger partial charge in [-0.1, -0.05) is 22.0 Å². The number of aromatic nitrogens is 1. The van der Waals surface area contributed by atoms with E-state index in [0.717, 1.165) is 36.6 Å². The minimum absolute atomic E-state index is 0.563. The fourth-order valence-corrected chi connectivity index (χ4v) is 2.88. The molecule has 0 radical (unpaired) electrons. The lowest BCUT2D eigenvalue weighted by Gasteiger charge is -2.31. The predicted octanol–water partition coefficient (Wildman–Crippen LogP) is 3.16. The van der Waals surface area contributed by atoms with Crippen LogP contribution in [0.25, 0.3) is 0 Å². The first kappa shape index (κ1) is 15.8. The molecule has 0 bridgehead atoms. The normalized spacial score (nSPS) is 14.3. The van der Waals surface area contributed by atoms with Crippen molar-refractivity contribution in [2.75, 3.05) is 36.5 Å². The Morgan fingerprint density at radius 2 is 2.09 bits per heavy atom. The summed E-state index contributed by atoms with van der Waals surface area (Å²) >= 11 is 3.55. The second-order valence-corrected chi connectivity index (χ2v) is 6.19. The van der Waals surface area contributed by atoms with E-state index in [4.69, 9.17) is 10.00 Å². The number of ether oxygens (including phenoxy) is 1. The van der Waals surface area contributed by atoms with Crippen molar-refractivity contribution in [3.8, 4) is 6.07 Å². The van der Waals surface area contributed by atoms with Crippen molar-refractivity contribution < 1.29 is 4.74 Å². The molecule has 0 amide bonds. The fourth-order valence-electron chi connectivity index (χ4n) is 2.54. The van der Waals surface area contributed by atoms with E-state index in [2.05, 4.69) is 49.3 Å². The number of anilines is 2. The zero-order valence-corrected chi connectivity index (χ0v) is 14.2. The number of benzene rings is 1. The van der Waals surface area contributed by atoms with Crippen LogP contribution >= 0.6 is 15.9 Å². The highest BCUT2D eigenvalue weighted by Crippen LogP contribution is 2.26. The maximum atomic E-state index is 8.81. The molecule has 2 aromatic rings. The predicted molar refractivity (Wildman–Crippen MR) is 93.5 cm³/mol. The summed E-state index contributed by atoms with van der Waals surface area (Å²) in [6.45, 7) is 4.00. The van der Waals surface area contributed by atoms with Crippen molar-refractivity contribution in [1.29, 1.82) is 5.26 Å². The van der Waals surface area contributed by atoms with Gasteiger partial charge >= 0.3 is 0 Å². The minimum Gasteiger partial charge on any atom is -0.378 e. The van der Waals surface area contributed by atoms with Crippen LogP contribution in [0.4, 0.5) is 11.5 Å². The maximum absolute atomic E-state index is 8.81. The third-order valence-corrected chi connectivity index (χ3v) is 4.24. The van der Waals surface area contributed by atoms with Gasteiger partial charge in [-0.15, -0.1) is 0 Å². The van der Waals surface area contributed by atoms with Gasteiger partial charge in [-0.25, -0.2) is 4.98 Å². The molecule has 118 valence electrons. The van der Waals surface area contributed by atoms with Crippen molar-refractivity contribution >= 4 is 27.4 Å². The first-order chi connectivity index (χ1) is 11.3. The van der Waals surface area contributed by atoms with Gasteiger partial charge in [0, 0.05) is 36.0 Å². The molecule has 0 aliphatic carbocycles. The highest BCUT2D eigenvalue weighted by atomic mass is 79.9. The van der Waals surface area contributed by atoms with Crippen LogP contribution in [0.15, 0.2) is 41.0 Å². The van der Waals surface area contributed by atoms with Crippen LogP contribution < -0.4 is 10.2 Å². The number of nitriles is 1. The molecular weight excluding hydrogens is 356 g/mol. The molecule has 0 unspecified atom stereocenters. The van der Waals surface area contributed by atoms with Gasteiger partial charge in [0.2, 0.25) is 0 Å². The van der Waals surface area contributed by atoms with E-state index in [-0.39, 0.29) is 0 Å². The molecule has 1 fully saturated rings.